The Hall–Kier alpha value is -16.8. The van der Waals surface area contributed by atoms with Crippen LogP contribution in [0.4, 0.5) is 0 Å². The fourth-order valence-corrected chi connectivity index (χ4v) is 15.8. The first-order chi connectivity index (χ1) is 70.6. The van der Waals surface area contributed by atoms with Crippen molar-refractivity contribution in [2.24, 2.45) is 0 Å². The van der Waals surface area contributed by atoms with Gasteiger partial charge in [0.25, 0.3) is 0 Å². The van der Waals surface area contributed by atoms with E-state index in [2.05, 4.69) is 36.4 Å². The summed E-state index contributed by atoms with van der Waals surface area (Å²) in [7, 11) is 0. The molecule has 24 heteroatoms. The van der Waals surface area contributed by atoms with E-state index < -0.39 is 73.4 Å². The zero-order valence-electron chi connectivity index (χ0n) is 80.7. The molecule has 0 aliphatic rings. The lowest BCUT2D eigenvalue weighted by Gasteiger charge is -2.36. The van der Waals surface area contributed by atoms with Crippen molar-refractivity contribution in [2.45, 2.75) is 179 Å². The molecule has 12 rings (SSSR count). The molecule has 0 N–H and O–H groups in total. The van der Waals surface area contributed by atoms with Gasteiger partial charge in [0.2, 0.25) is 0 Å². The first-order valence-corrected chi connectivity index (χ1v) is 49.1. The van der Waals surface area contributed by atoms with Gasteiger partial charge in [-0.25, -0.2) is 0 Å². The van der Waals surface area contributed by atoms with E-state index in [0.29, 0.717) is 171 Å². The molecule has 0 unspecified atom stereocenters. The maximum atomic E-state index is 15.1. The summed E-state index contributed by atoms with van der Waals surface area (Å²) < 4.78 is 75.0. The van der Waals surface area contributed by atoms with E-state index in [1.807, 2.05) is 218 Å². The zero-order chi connectivity index (χ0) is 101. The van der Waals surface area contributed by atoms with Gasteiger partial charge in [0.05, 0.1) is 109 Å². The summed E-state index contributed by atoms with van der Waals surface area (Å²) in [5, 5.41) is 56.1. The lowest BCUT2D eigenvalue weighted by molar-refractivity contribution is -0.209. The van der Waals surface area contributed by atoms with Crippen LogP contribution in [0.2, 0.25) is 0 Å². The minimum atomic E-state index is -1.93. The highest BCUT2D eigenvalue weighted by Gasteiger charge is 2.46. The topological polar surface area (TPSA) is 356 Å². The summed E-state index contributed by atoms with van der Waals surface area (Å²) in [5.41, 5.74) is 14.5. The van der Waals surface area contributed by atoms with Gasteiger partial charge in [-0.3, -0.25) is 28.8 Å². The summed E-state index contributed by atoms with van der Waals surface area (Å²) >= 11 is 0. The van der Waals surface area contributed by atoms with Crippen molar-refractivity contribution >= 4 is 35.8 Å². The minimum Gasteiger partial charge on any atom is -0.494 e. The van der Waals surface area contributed by atoms with Crippen LogP contribution in [-0.4, -0.2) is 113 Å². The van der Waals surface area contributed by atoms with Gasteiger partial charge in [0, 0.05) is 38.5 Å². The molecule has 0 saturated carbocycles. The van der Waals surface area contributed by atoms with Crippen LogP contribution < -0.4 is 28.4 Å². The summed E-state index contributed by atoms with van der Waals surface area (Å²) in [6.45, 7) is 0.239. The molecule has 12 aromatic rings. The second-order valence-electron chi connectivity index (χ2n) is 34.6. The Kier molecular flexibility index (Phi) is 43.4. The van der Waals surface area contributed by atoms with Crippen molar-refractivity contribution in [1.82, 2.24) is 0 Å². The number of unbranched alkanes of at least 4 members (excludes halogenated alkanes) is 12. The molecule has 12 aromatic carbocycles. The molecule has 0 radical (unpaired) electrons. The van der Waals surface area contributed by atoms with Crippen LogP contribution in [0, 0.1) is 68.0 Å². The standard InChI is InChI=1S/C120H116N6O18/c121-79-87-25-37-93(38-26-87)99-49-61-105(62-50-99)133-73-13-1-7-19-113(127)139-85-111(141-115(129)21-9-3-15-75-135-107-65-53-101(54-66-107)95-41-29-89(81-123)30-42-95)119(143-117(131)23-11-5-17-77-137-109-69-57-103(58-70-109)97-45-33-91(83-125)34-46-97)120(144-118(132)24-12-6-18-78-138-110-71-59-104(60-72-110)98-47-35-92(84-126)36-48-98)112(142-116(130)22-10-4-16-76-136-108-67-55-102(56-68-108)96-43-31-90(82-124)32-44-96)86-140-114(128)20-8-2-14-74-134-106-63-51-100(52-64-106)94-39-27-88(80-122)28-40-94/h25-72,111-112,119-120H,1-24,73-78,85-86H2/t111-,112-,119-,120-/m1/s1. The Morgan fingerprint density at radius 3 is 0.486 bits per heavy atom. The van der Waals surface area contributed by atoms with Crippen LogP contribution in [0.1, 0.15) is 187 Å². The van der Waals surface area contributed by atoms with Crippen LogP contribution >= 0.6 is 0 Å². The predicted octanol–water partition coefficient (Wildman–Crippen LogP) is 24.8. The molecule has 0 aromatic heterocycles. The number of esters is 6. The highest BCUT2D eigenvalue weighted by Crippen LogP contribution is 2.33. The molecular formula is C120H116N6O18. The van der Waals surface area contributed by atoms with E-state index in [4.69, 9.17) is 56.8 Å². The molecule has 0 amide bonds. The number of nitriles is 6. The van der Waals surface area contributed by atoms with E-state index in [-0.39, 0.29) is 90.6 Å². The molecule has 0 aliphatic carbocycles. The first-order valence-electron chi connectivity index (χ1n) is 49.1. The Labute approximate surface area is 841 Å². The van der Waals surface area contributed by atoms with Crippen LogP contribution in [0.15, 0.2) is 291 Å². The molecule has 0 spiro atoms. The van der Waals surface area contributed by atoms with Gasteiger partial charge in [0.1, 0.15) is 47.7 Å². The van der Waals surface area contributed by atoms with Crippen LogP contribution in [0.25, 0.3) is 66.8 Å². The number of benzene rings is 12. The van der Waals surface area contributed by atoms with Crippen LogP contribution in [0.3, 0.4) is 0 Å². The molecular weight excluding hydrogens is 1810 g/mol. The smallest absolute Gasteiger partial charge is 0.306 e. The normalized spacial score (nSPS) is 11.5. The third-order valence-corrected chi connectivity index (χ3v) is 23.9. The average molecular weight is 1930 g/mol. The van der Waals surface area contributed by atoms with E-state index in [0.717, 1.165) is 66.8 Å². The molecule has 144 heavy (non-hydrogen) atoms. The lowest BCUT2D eigenvalue weighted by atomic mass is 10.0. The number of carbonyl (C=O) groups is 6. The third-order valence-electron chi connectivity index (χ3n) is 23.9. The van der Waals surface area contributed by atoms with E-state index in [1.165, 1.54) is 0 Å². The van der Waals surface area contributed by atoms with E-state index in [1.54, 1.807) is 72.8 Å². The van der Waals surface area contributed by atoms with Gasteiger partial charge in [-0.05, 0) is 328 Å². The zero-order valence-corrected chi connectivity index (χ0v) is 80.7. The molecule has 0 saturated heterocycles. The number of nitrogens with zero attached hydrogens (tertiary/aromatic N) is 6. The van der Waals surface area contributed by atoms with Crippen molar-refractivity contribution in [3.63, 3.8) is 0 Å². The summed E-state index contributed by atoms with van der Waals surface area (Å²) in [4.78, 5) is 88.7. The maximum Gasteiger partial charge on any atom is 0.306 e. The second kappa shape index (κ2) is 58.9. The molecule has 734 valence electrons. The van der Waals surface area contributed by atoms with Crippen molar-refractivity contribution in [3.05, 3.63) is 325 Å². The minimum absolute atomic E-state index is 0.115. The molecule has 4 atom stereocenters. The summed E-state index contributed by atoms with van der Waals surface area (Å²) in [5.74, 6) is -1.05. The SMILES string of the molecule is N#Cc1ccc(-c2ccc(OCCCCCC(=O)OC[C@@H](OC(=O)CCCCCOc3ccc(-c4ccc(C#N)cc4)cc3)[C@@H](OC(=O)CCCCCOc3ccc(-c4ccc(C#N)cc4)cc3)[C@H](OC(=O)CCCCCOc3ccc(-c4ccc(C#N)cc4)cc3)[C@@H](COC(=O)CCCCCOc3ccc(-c4ccc(C#N)cc4)cc3)OC(=O)CCCCCOc3ccc(-c4ccc(C#N)cc4)cc3)cc2)cc1. The molecule has 0 bridgehead atoms. The molecule has 24 nitrogen and oxygen atoms in total. The fourth-order valence-electron chi connectivity index (χ4n) is 15.8. The van der Waals surface area contributed by atoms with Gasteiger partial charge < -0.3 is 56.8 Å². The quantitative estimate of drug-likeness (QED) is 0.0194. The van der Waals surface area contributed by atoms with E-state index in [9.17, 15) is 50.7 Å². The number of hydrogen-bond acceptors (Lipinski definition) is 24. The van der Waals surface area contributed by atoms with Crippen molar-refractivity contribution in [1.29, 1.82) is 31.6 Å². The third kappa shape index (κ3) is 36.1. The van der Waals surface area contributed by atoms with Crippen LogP contribution in [0.5, 0.6) is 34.5 Å². The Balaban J connectivity index is 0.789. The number of rotatable bonds is 59. The second-order valence-corrected chi connectivity index (χ2v) is 34.6. The largest absolute Gasteiger partial charge is 0.494 e. The number of carbonyl (C=O) groups excluding carboxylic acids is 6. The summed E-state index contributed by atoms with van der Waals surface area (Å²) in [6.07, 6.45) is -0.864. The summed E-state index contributed by atoms with van der Waals surface area (Å²) in [6, 6.07) is 102. The van der Waals surface area contributed by atoms with E-state index >= 15 is 9.59 Å². The Morgan fingerprint density at radius 2 is 0.326 bits per heavy atom. The maximum absolute atomic E-state index is 15.1. The Morgan fingerprint density at radius 1 is 0.181 bits per heavy atom. The molecule has 0 aliphatic heterocycles. The lowest BCUT2D eigenvalue weighted by Crippen LogP contribution is -2.54. The predicted molar refractivity (Wildman–Crippen MR) is 545 cm³/mol. The van der Waals surface area contributed by atoms with Crippen molar-refractivity contribution in [3.8, 4) is 138 Å². The van der Waals surface area contributed by atoms with Gasteiger partial charge in [-0.2, -0.15) is 31.6 Å². The van der Waals surface area contributed by atoms with Gasteiger partial charge >= 0.3 is 35.8 Å². The van der Waals surface area contributed by atoms with Gasteiger partial charge in [-0.15, -0.1) is 0 Å². The monoisotopic (exact) mass is 1930 g/mol. The average Bonchev–Trinajstić information content (AvgIpc) is 0.813. The molecule has 0 heterocycles. The Bertz CT molecular complexity index is 5940. The highest BCUT2D eigenvalue weighted by atomic mass is 16.6. The number of ether oxygens (including phenoxy) is 12. The van der Waals surface area contributed by atoms with Gasteiger partial charge in [0.15, 0.2) is 24.4 Å². The van der Waals surface area contributed by atoms with Crippen molar-refractivity contribution in [2.75, 3.05) is 52.9 Å². The first kappa shape index (κ1) is 106. The highest BCUT2D eigenvalue weighted by molar-refractivity contribution is 5.75. The van der Waals surface area contributed by atoms with Crippen molar-refractivity contribution < 1.29 is 85.6 Å². The number of hydrogen-bond donors (Lipinski definition) is 0. The molecule has 0 fully saturated rings. The van der Waals surface area contributed by atoms with Crippen LogP contribution in [-0.2, 0) is 57.2 Å². The fraction of sp³-hybridized carbons (Fsp3) is 0.300. The van der Waals surface area contributed by atoms with Gasteiger partial charge in [-0.1, -0.05) is 146 Å².